The molecule has 110 valence electrons. The van der Waals surface area contributed by atoms with Crippen molar-refractivity contribution in [3.63, 3.8) is 0 Å². The Morgan fingerprint density at radius 1 is 1.33 bits per heavy atom. The molecule has 0 spiro atoms. The number of benzene rings is 1. The predicted molar refractivity (Wildman–Crippen MR) is 85.9 cm³/mol. The normalized spacial score (nSPS) is 10.6. The molecule has 0 saturated carbocycles. The number of anilines is 1. The molecule has 0 unspecified atom stereocenters. The van der Waals surface area contributed by atoms with Crippen molar-refractivity contribution < 1.29 is 4.79 Å². The lowest BCUT2D eigenvalue weighted by atomic mass is 10.2. The molecule has 3 N–H and O–H groups in total. The summed E-state index contributed by atoms with van der Waals surface area (Å²) in [5, 5.41) is 0. The monoisotopic (exact) mass is 369 g/mol. The van der Waals surface area contributed by atoms with Crippen molar-refractivity contribution in [2.45, 2.75) is 4.90 Å². The van der Waals surface area contributed by atoms with Gasteiger partial charge in [-0.1, -0.05) is 15.9 Å². The summed E-state index contributed by atoms with van der Waals surface area (Å²) < 4.78 is 1.98. The average Bonchev–Trinajstić information content (AvgIpc) is 2.44. The number of H-pyrrole nitrogens is 1. The van der Waals surface area contributed by atoms with E-state index < -0.39 is 17.0 Å². The van der Waals surface area contributed by atoms with E-state index in [0.29, 0.717) is 0 Å². The second kappa shape index (κ2) is 6.31. The first-order chi connectivity index (χ1) is 9.90. The molecule has 0 aliphatic carbocycles. The fourth-order valence-electron chi connectivity index (χ4n) is 1.66. The van der Waals surface area contributed by atoms with Crippen LogP contribution in [-0.4, -0.2) is 21.1 Å². The number of aromatic nitrogens is 2. The molecule has 1 aromatic carbocycles. The van der Waals surface area contributed by atoms with Crippen LogP contribution in [0.2, 0.25) is 0 Å². The summed E-state index contributed by atoms with van der Waals surface area (Å²) in [6, 6.07) is 7.44. The van der Waals surface area contributed by atoms with Crippen molar-refractivity contribution >= 4 is 39.3 Å². The number of nitrogen functional groups attached to an aromatic ring is 1. The number of nitrogens with zero attached hydrogens (tertiary/aromatic N) is 1. The topological polar surface area (TPSA) is 97.9 Å². The van der Waals surface area contributed by atoms with Crippen molar-refractivity contribution in [3.05, 3.63) is 55.1 Å². The quantitative estimate of drug-likeness (QED) is 0.626. The molecule has 0 atom stereocenters. The molecule has 0 aliphatic rings. The number of halogens is 1. The van der Waals surface area contributed by atoms with Crippen LogP contribution in [0.5, 0.6) is 0 Å². The van der Waals surface area contributed by atoms with Crippen molar-refractivity contribution in [1.82, 2.24) is 9.55 Å². The maximum atomic E-state index is 12.1. The molecule has 0 radical (unpaired) electrons. The summed E-state index contributed by atoms with van der Waals surface area (Å²) >= 11 is 4.62. The second-order valence-electron chi connectivity index (χ2n) is 4.24. The number of nitrogens with one attached hydrogen (secondary N) is 1. The van der Waals surface area contributed by atoms with E-state index in [4.69, 9.17) is 5.73 Å². The molecule has 0 amide bonds. The summed E-state index contributed by atoms with van der Waals surface area (Å²) in [5.74, 6) is -0.477. The Bertz CT molecular complexity index is 796. The number of Topliss-reactive ketones (excluding diaryl/α,β-unsaturated/α-hetero) is 1. The van der Waals surface area contributed by atoms with Gasteiger partial charge in [0.25, 0.3) is 5.56 Å². The van der Waals surface area contributed by atoms with E-state index in [1.54, 1.807) is 0 Å². The first-order valence-electron chi connectivity index (χ1n) is 5.90. The van der Waals surface area contributed by atoms with Gasteiger partial charge in [-0.15, -0.1) is 11.8 Å². The van der Waals surface area contributed by atoms with Crippen LogP contribution in [0.1, 0.15) is 10.4 Å². The van der Waals surface area contributed by atoms with Gasteiger partial charge in [0, 0.05) is 16.4 Å². The molecule has 1 aromatic heterocycles. The molecule has 0 saturated heterocycles. The van der Waals surface area contributed by atoms with E-state index in [-0.39, 0.29) is 17.1 Å². The molecule has 0 fully saturated rings. The van der Waals surface area contributed by atoms with Crippen LogP contribution in [0.3, 0.4) is 0 Å². The molecule has 1 heterocycles. The van der Waals surface area contributed by atoms with Crippen LogP contribution < -0.4 is 17.0 Å². The minimum absolute atomic E-state index is 0.0626. The lowest BCUT2D eigenvalue weighted by Crippen LogP contribution is -2.35. The lowest BCUT2D eigenvalue weighted by molar-refractivity contribution is 0.102. The molecule has 21 heavy (non-hydrogen) atoms. The maximum Gasteiger partial charge on any atom is 0.329 e. The zero-order chi connectivity index (χ0) is 15.6. The summed E-state index contributed by atoms with van der Waals surface area (Å²) in [5.41, 5.74) is 4.11. The third-order valence-electron chi connectivity index (χ3n) is 2.83. The largest absolute Gasteiger partial charge is 0.384 e. The summed E-state index contributed by atoms with van der Waals surface area (Å²) in [6.45, 7) is 0. The molecule has 6 nitrogen and oxygen atoms in total. The van der Waals surface area contributed by atoms with E-state index in [1.165, 1.54) is 18.8 Å². The van der Waals surface area contributed by atoms with Crippen LogP contribution in [0, 0.1) is 0 Å². The Kier molecular flexibility index (Phi) is 4.69. The van der Waals surface area contributed by atoms with Crippen molar-refractivity contribution in [1.29, 1.82) is 0 Å². The number of hydrogen-bond acceptors (Lipinski definition) is 5. The summed E-state index contributed by atoms with van der Waals surface area (Å²) in [7, 11) is 1.40. The maximum absolute atomic E-state index is 12.1. The standard InChI is InChI=1S/C13H12BrN3O3S/c1-17-11(15)10(12(19)16-13(17)20)9(18)6-21-8-4-2-7(14)3-5-8/h2-5H,6,15H2,1H3,(H,16,19,20). The number of hydrogen-bond donors (Lipinski definition) is 2. The van der Waals surface area contributed by atoms with Gasteiger partial charge in [0.05, 0.1) is 5.75 Å². The van der Waals surface area contributed by atoms with E-state index in [9.17, 15) is 14.4 Å². The van der Waals surface area contributed by atoms with Crippen molar-refractivity contribution in [2.75, 3.05) is 11.5 Å². The van der Waals surface area contributed by atoms with Gasteiger partial charge in [-0.05, 0) is 24.3 Å². The highest BCUT2D eigenvalue weighted by atomic mass is 79.9. The number of ketones is 1. The third-order valence-corrected chi connectivity index (χ3v) is 4.37. The zero-order valence-corrected chi connectivity index (χ0v) is 13.5. The molecular formula is C13H12BrN3O3S. The number of carbonyl (C=O) groups is 1. The smallest absolute Gasteiger partial charge is 0.329 e. The number of rotatable bonds is 4. The summed E-state index contributed by atoms with van der Waals surface area (Å²) in [4.78, 5) is 38.2. The highest BCUT2D eigenvalue weighted by Crippen LogP contribution is 2.21. The van der Waals surface area contributed by atoms with E-state index in [0.717, 1.165) is 13.9 Å². The molecule has 2 rings (SSSR count). The predicted octanol–water partition coefficient (Wildman–Crippen LogP) is 1.39. The SMILES string of the molecule is Cn1c(N)c(C(=O)CSc2ccc(Br)cc2)c(=O)[nH]c1=O. The van der Waals surface area contributed by atoms with E-state index >= 15 is 0 Å². The van der Waals surface area contributed by atoms with Gasteiger partial charge in [0.2, 0.25) is 0 Å². The van der Waals surface area contributed by atoms with Gasteiger partial charge in [-0.25, -0.2) is 4.79 Å². The number of thioether (sulfide) groups is 1. The van der Waals surface area contributed by atoms with E-state index in [2.05, 4.69) is 20.9 Å². The van der Waals surface area contributed by atoms with Gasteiger partial charge >= 0.3 is 5.69 Å². The summed E-state index contributed by atoms with van der Waals surface area (Å²) in [6.07, 6.45) is 0. The molecule has 0 bridgehead atoms. The van der Waals surface area contributed by atoms with Gasteiger partial charge in [0.1, 0.15) is 11.4 Å². The van der Waals surface area contributed by atoms with Gasteiger partial charge in [-0.3, -0.25) is 19.1 Å². The minimum atomic E-state index is -0.753. The molecule has 0 aliphatic heterocycles. The van der Waals surface area contributed by atoms with Crippen LogP contribution in [-0.2, 0) is 7.05 Å². The molecular weight excluding hydrogens is 358 g/mol. The number of aromatic amines is 1. The average molecular weight is 370 g/mol. The zero-order valence-electron chi connectivity index (χ0n) is 11.1. The first-order valence-corrected chi connectivity index (χ1v) is 7.68. The minimum Gasteiger partial charge on any atom is -0.384 e. The lowest BCUT2D eigenvalue weighted by Gasteiger charge is -2.07. The van der Waals surface area contributed by atoms with Gasteiger partial charge < -0.3 is 5.73 Å². The fraction of sp³-hybridized carbons (Fsp3) is 0.154. The van der Waals surface area contributed by atoms with Gasteiger partial charge in [-0.2, -0.15) is 0 Å². The highest BCUT2D eigenvalue weighted by molar-refractivity contribution is 9.10. The first kappa shape index (κ1) is 15.6. The molecule has 2 aromatic rings. The van der Waals surface area contributed by atoms with Crippen molar-refractivity contribution in [3.8, 4) is 0 Å². The Morgan fingerprint density at radius 2 is 1.95 bits per heavy atom. The van der Waals surface area contributed by atoms with Crippen LogP contribution in [0.25, 0.3) is 0 Å². The van der Waals surface area contributed by atoms with Crippen LogP contribution >= 0.6 is 27.7 Å². The van der Waals surface area contributed by atoms with Gasteiger partial charge in [0.15, 0.2) is 5.78 Å². The van der Waals surface area contributed by atoms with Crippen LogP contribution in [0.4, 0.5) is 5.82 Å². The Labute approximate surface area is 132 Å². The Hall–Kier alpha value is -1.80. The fourth-order valence-corrected chi connectivity index (χ4v) is 2.69. The molecule has 8 heteroatoms. The van der Waals surface area contributed by atoms with Crippen LogP contribution in [0.15, 0.2) is 43.2 Å². The Balaban J connectivity index is 2.22. The third kappa shape index (κ3) is 3.45. The van der Waals surface area contributed by atoms with E-state index in [1.807, 2.05) is 24.3 Å². The number of carbonyl (C=O) groups excluding carboxylic acids is 1. The second-order valence-corrected chi connectivity index (χ2v) is 6.21. The number of nitrogens with two attached hydrogens (primary N) is 1. The Morgan fingerprint density at radius 3 is 2.57 bits per heavy atom. The highest BCUT2D eigenvalue weighted by Gasteiger charge is 2.18. The van der Waals surface area contributed by atoms with Crippen molar-refractivity contribution in [2.24, 2.45) is 7.05 Å².